The number of non-ortho nitro benzene ring substituents is 1. The Hall–Kier alpha value is -3.13. The Morgan fingerprint density at radius 3 is 2.71 bits per heavy atom. The number of amides is 1. The smallest absolute Gasteiger partial charge is 0.271 e. The summed E-state index contributed by atoms with van der Waals surface area (Å²) < 4.78 is 0. The summed E-state index contributed by atoms with van der Waals surface area (Å²) in [6, 6.07) is 7.97. The van der Waals surface area contributed by atoms with Gasteiger partial charge < -0.3 is 5.32 Å². The molecule has 1 N–H and O–H groups in total. The lowest BCUT2D eigenvalue weighted by atomic mass is 10.2. The van der Waals surface area contributed by atoms with Crippen LogP contribution >= 0.6 is 11.3 Å². The number of nitrogens with zero attached hydrogens (tertiary/aromatic N) is 3. The van der Waals surface area contributed by atoms with E-state index in [0.29, 0.717) is 15.6 Å². The van der Waals surface area contributed by atoms with Gasteiger partial charge in [0.05, 0.1) is 16.8 Å². The molecule has 0 aliphatic heterocycles. The topological polar surface area (TPSA) is 98.0 Å². The number of nitro groups is 1. The fourth-order valence-electron chi connectivity index (χ4n) is 2.05. The highest BCUT2D eigenvalue weighted by Crippen LogP contribution is 2.26. The largest absolute Gasteiger partial charge is 0.321 e. The summed E-state index contributed by atoms with van der Waals surface area (Å²) in [6.07, 6.45) is 4.80. The lowest BCUT2D eigenvalue weighted by Gasteiger charge is -2.06. The van der Waals surface area contributed by atoms with E-state index >= 15 is 0 Å². The first kappa shape index (κ1) is 15.8. The summed E-state index contributed by atoms with van der Waals surface area (Å²) in [5, 5.41) is 14.3. The number of thiazole rings is 1. The molecule has 0 unspecified atom stereocenters. The van der Waals surface area contributed by atoms with Crippen LogP contribution in [0.2, 0.25) is 0 Å². The minimum atomic E-state index is -0.497. The molecule has 1 amide bonds. The summed E-state index contributed by atoms with van der Waals surface area (Å²) in [4.78, 5) is 31.3. The average Bonchev–Trinajstić information content (AvgIpc) is 3.07. The van der Waals surface area contributed by atoms with Gasteiger partial charge in [0.1, 0.15) is 9.88 Å². The second kappa shape index (κ2) is 6.55. The molecule has 0 aliphatic carbocycles. The molecular formula is C16H12N4O3S. The molecular weight excluding hydrogens is 328 g/mol. The molecule has 8 heteroatoms. The van der Waals surface area contributed by atoms with Crippen molar-refractivity contribution in [2.24, 2.45) is 0 Å². The first-order valence-electron chi connectivity index (χ1n) is 6.97. The molecule has 0 aliphatic rings. The van der Waals surface area contributed by atoms with Gasteiger partial charge in [-0.15, -0.1) is 11.3 Å². The third-order valence-corrected chi connectivity index (χ3v) is 4.38. The predicted octanol–water partition coefficient (Wildman–Crippen LogP) is 3.67. The minimum Gasteiger partial charge on any atom is -0.321 e. The van der Waals surface area contributed by atoms with Gasteiger partial charge in [0.2, 0.25) is 0 Å². The number of carbonyl (C=O) groups excluding carboxylic acids is 1. The van der Waals surface area contributed by atoms with E-state index in [0.717, 1.165) is 11.1 Å². The fourth-order valence-corrected chi connectivity index (χ4v) is 2.87. The van der Waals surface area contributed by atoms with Gasteiger partial charge >= 0.3 is 0 Å². The van der Waals surface area contributed by atoms with Crippen LogP contribution in [0.3, 0.4) is 0 Å². The molecule has 0 saturated heterocycles. The molecule has 3 rings (SSSR count). The Kier molecular flexibility index (Phi) is 4.30. The van der Waals surface area contributed by atoms with Crippen molar-refractivity contribution < 1.29 is 9.72 Å². The first-order chi connectivity index (χ1) is 11.5. The Morgan fingerprint density at radius 1 is 1.25 bits per heavy atom. The molecule has 0 atom stereocenters. The van der Waals surface area contributed by atoms with Crippen LogP contribution in [-0.4, -0.2) is 20.8 Å². The van der Waals surface area contributed by atoms with Crippen molar-refractivity contribution in [3.8, 4) is 10.6 Å². The molecule has 0 spiro atoms. The third-order valence-electron chi connectivity index (χ3n) is 3.34. The van der Waals surface area contributed by atoms with Crippen LogP contribution in [0.5, 0.6) is 0 Å². The standard InChI is InChI=1S/C16H12N4O3S/c1-10-2-3-12(20(22)23)8-13(10)19-15(21)14-9-18-16(24-14)11-4-6-17-7-5-11/h2-9H,1H3,(H,19,21). The van der Waals surface area contributed by atoms with E-state index in [1.807, 2.05) is 12.1 Å². The van der Waals surface area contributed by atoms with Gasteiger partial charge in [0, 0.05) is 30.1 Å². The van der Waals surface area contributed by atoms with Crippen LogP contribution in [0.4, 0.5) is 11.4 Å². The van der Waals surface area contributed by atoms with Gasteiger partial charge in [-0.2, -0.15) is 0 Å². The van der Waals surface area contributed by atoms with Crippen molar-refractivity contribution in [2.75, 3.05) is 5.32 Å². The molecule has 7 nitrogen and oxygen atoms in total. The summed E-state index contributed by atoms with van der Waals surface area (Å²) >= 11 is 1.24. The maximum atomic E-state index is 12.4. The zero-order valence-electron chi connectivity index (χ0n) is 12.6. The maximum Gasteiger partial charge on any atom is 0.271 e. The molecule has 1 aromatic carbocycles. The van der Waals surface area contributed by atoms with E-state index in [1.165, 1.54) is 29.7 Å². The number of pyridine rings is 1. The van der Waals surface area contributed by atoms with E-state index in [-0.39, 0.29) is 11.6 Å². The predicted molar refractivity (Wildman–Crippen MR) is 91.1 cm³/mol. The maximum absolute atomic E-state index is 12.4. The molecule has 120 valence electrons. The van der Waals surface area contributed by atoms with E-state index in [9.17, 15) is 14.9 Å². The van der Waals surface area contributed by atoms with Crippen molar-refractivity contribution in [3.63, 3.8) is 0 Å². The number of benzene rings is 1. The summed E-state index contributed by atoms with van der Waals surface area (Å²) in [5.74, 6) is -0.351. The highest BCUT2D eigenvalue weighted by molar-refractivity contribution is 7.17. The average molecular weight is 340 g/mol. The number of hydrogen-bond acceptors (Lipinski definition) is 6. The van der Waals surface area contributed by atoms with E-state index < -0.39 is 4.92 Å². The van der Waals surface area contributed by atoms with Crippen molar-refractivity contribution >= 4 is 28.6 Å². The molecule has 2 aromatic heterocycles. The lowest BCUT2D eigenvalue weighted by molar-refractivity contribution is -0.384. The van der Waals surface area contributed by atoms with Crippen LogP contribution < -0.4 is 5.32 Å². The number of carbonyl (C=O) groups is 1. The van der Waals surface area contributed by atoms with Crippen molar-refractivity contribution in [2.45, 2.75) is 6.92 Å². The molecule has 0 fully saturated rings. The minimum absolute atomic E-state index is 0.0716. The Balaban J connectivity index is 1.82. The number of aryl methyl sites for hydroxylation is 1. The Labute approximate surface area is 141 Å². The second-order valence-electron chi connectivity index (χ2n) is 4.98. The van der Waals surface area contributed by atoms with Gasteiger partial charge in [-0.1, -0.05) is 6.07 Å². The van der Waals surface area contributed by atoms with E-state index in [4.69, 9.17) is 0 Å². The number of nitro benzene ring substituents is 1. The van der Waals surface area contributed by atoms with Crippen LogP contribution in [0.15, 0.2) is 48.9 Å². The normalized spacial score (nSPS) is 10.4. The van der Waals surface area contributed by atoms with Gasteiger partial charge in [0.25, 0.3) is 11.6 Å². The van der Waals surface area contributed by atoms with E-state index in [1.54, 1.807) is 25.4 Å². The van der Waals surface area contributed by atoms with Crippen molar-refractivity contribution in [3.05, 3.63) is 69.5 Å². The lowest BCUT2D eigenvalue weighted by Crippen LogP contribution is -2.11. The Morgan fingerprint density at radius 2 is 2.00 bits per heavy atom. The van der Waals surface area contributed by atoms with Crippen molar-refractivity contribution in [1.29, 1.82) is 0 Å². The van der Waals surface area contributed by atoms with Crippen molar-refractivity contribution in [1.82, 2.24) is 9.97 Å². The van der Waals surface area contributed by atoms with Gasteiger partial charge in [-0.3, -0.25) is 19.9 Å². The fraction of sp³-hybridized carbons (Fsp3) is 0.0625. The number of anilines is 1. The SMILES string of the molecule is Cc1ccc([N+](=O)[O-])cc1NC(=O)c1cnc(-c2ccncc2)s1. The monoisotopic (exact) mass is 340 g/mol. The molecule has 0 bridgehead atoms. The highest BCUT2D eigenvalue weighted by Gasteiger charge is 2.15. The zero-order chi connectivity index (χ0) is 17.1. The van der Waals surface area contributed by atoms with Crippen LogP contribution in [0, 0.1) is 17.0 Å². The third kappa shape index (κ3) is 3.28. The first-order valence-corrected chi connectivity index (χ1v) is 7.79. The van der Waals surface area contributed by atoms with E-state index in [2.05, 4.69) is 15.3 Å². The second-order valence-corrected chi connectivity index (χ2v) is 6.01. The number of nitrogens with one attached hydrogen (secondary N) is 1. The number of aromatic nitrogens is 2. The van der Waals surface area contributed by atoms with Crippen LogP contribution in [-0.2, 0) is 0 Å². The van der Waals surface area contributed by atoms with Crippen LogP contribution in [0.25, 0.3) is 10.6 Å². The Bertz CT molecular complexity index is 909. The zero-order valence-corrected chi connectivity index (χ0v) is 13.4. The highest BCUT2D eigenvalue weighted by atomic mass is 32.1. The summed E-state index contributed by atoms with van der Waals surface area (Å²) in [7, 11) is 0. The van der Waals surface area contributed by atoms with Gasteiger partial charge in [-0.25, -0.2) is 4.98 Å². The molecule has 2 heterocycles. The van der Waals surface area contributed by atoms with Crippen LogP contribution in [0.1, 0.15) is 15.2 Å². The van der Waals surface area contributed by atoms with Gasteiger partial charge in [0.15, 0.2) is 0 Å². The summed E-state index contributed by atoms with van der Waals surface area (Å²) in [6.45, 7) is 1.77. The molecule has 0 saturated carbocycles. The van der Waals surface area contributed by atoms with Gasteiger partial charge in [-0.05, 0) is 24.6 Å². The quantitative estimate of drug-likeness (QED) is 0.577. The molecule has 3 aromatic rings. The number of hydrogen-bond donors (Lipinski definition) is 1. The molecule has 24 heavy (non-hydrogen) atoms. The summed E-state index contributed by atoms with van der Waals surface area (Å²) in [5.41, 5.74) is 1.96. The molecule has 0 radical (unpaired) electrons. The number of rotatable bonds is 4.